The molecule has 2 aromatic carbocycles. The van der Waals surface area contributed by atoms with E-state index in [9.17, 15) is 4.39 Å². The second-order valence-corrected chi connectivity index (χ2v) is 5.32. The molecule has 3 rings (SSSR count). The van der Waals surface area contributed by atoms with Gasteiger partial charge >= 0.3 is 0 Å². The van der Waals surface area contributed by atoms with Crippen molar-refractivity contribution in [3.05, 3.63) is 53.3 Å². The molecule has 2 heteroatoms. The van der Waals surface area contributed by atoms with Gasteiger partial charge in [-0.25, -0.2) is 4.39 Å². The summed E-state index contributed by atoms with van der Waals surface area (Å²) in [5, 5.41) is 0. The zero-order valence-corrected chi connectivity index (χ0v) is 11.8. The molecule has 20 heavy (non-hydrogen) atoms. The van der Waals surface area contributed by atoms with Gasteiger partial charge in [-0.05, 0) is 65.8 Å². The molecule has 1 aliphatic carbocycles. The second kappa shape index (κ2) is 5.66. The lowest BCUT2D eigenvalue weighted by atomic mass is 9.85. The monoisotopic (exact) mass is 270 g/mol. The van der Waals surface area contributed by atoms with Crippen LogP contribution in [0.1, 0.15) is 30.9 Å². The van der Waals surface area contributed by atoms with Gasteiger partial charge in [0.1, 0.15) is 11.6 Å². The molecule has 0 aliphatic heterocycles. The third kappa shape index (κ3) is 2.55. The van der Waals surface area contributed by atoms with Crippen LogP contribution in [0.4, 0.5) is 4.39 Å². The molecule has 0 N–H and O–H groups in total. The van der Waals surface area contributed by atoms with E-state index in [2.05, 4.69) is 19.1 Å². The van der Waals surface area contributed by atoms with E-state index < -0.39 is 0 Å². The van der Waals surface area contributed by atoms with Crippen LogP contribution in [0, 0.1) is 5.82 Å². The first-order valence-electron chi connectivity index (χ1n) is 7.32. The smallest absolute Gasteiger partial charge is 0.123 e. The minimum Gasteiger partial charge on any atom is -0.494 e. The summed E-state index contributed by atoms with van der Waals surface area (Å²) in [6, 6.07) is 11.3. The van der Waals surface area contributed by atoms with Gasteiger partial charge in [-0.1, -0.05) is 25.5 Å². The molecule has 0 bridgehead atoms. The molecular weight excluding hydrogens is 251 g/mol. The largest absolute Gasteiger partial charge is 0.494 e. The topological polar surface area (TPSA) is 9.23 Å². The van der Waals surface area contributed by atoms with Crippen molar-refractivity contribution in [3.63, 3.8) is 0 Å². The van der Waals surface area contributed by atoms with Gasteiger partial charge in [0.05, 0.1) is 6.61 Å². The number of unbranched alkanes of at least 4 members (excludes halogenated alkanes) is 1. The van der Waals surface area contributed by atoms with Crippen LogP contribution in [-0.2, 0) is 12.8 Å². The third-order valence-electron chi connectivity index (χ3n) is 3.86. The first-order valence-corrected chi connectivity index (χ1v) is 7.32. The van der Waals surface area contributed by atoms with Crippen molar-refractivity contribution in [3.8, 4) is 16.9 Å². The molecule has 0 saturated heterocycles. The van der Waals surface area contributed by atoms with Crippen LogP contribution >= 0.6 is 0 Å². The third-order valence-corrected chi connectivity index (χ3v) is 3.86. The minimum absolute atomic E-state index is 0.147. The fraction of sp³-hybridized carbons (Fsp3) is 0.333. The van der Waals surface area contributed by atoms with Crippen molar-refractivity contribution in [2.24, 2.45) is 0 Å². The maximum Gasteiger partial charge on any atom is 0.123 e. The Bertz CT molecular complexity index is 619. The highest BCUT2D eigenvalue weighted by molar-refractivity contribution is 5.73. The minimum atomic E-state index is -0.147. The lowest BCUT2D eigenvalue weighted by molar-refractivity contribution is 0.309. The Hall–Kier alpha value is -1.83. The number of hydrogen-bond acceptors (Lipinski definition) is 1. The Balaban J connectivity index is 1.89. The number of ether oxygens (including phenoxy) is 1. The molecule has 0 heterocycles. The molecule has 1 nitrogen and oxygen atoms in total. The van der Waals surface area contributed by atoms with E-state index in [0.29, 0.717) is 0 Å². The SMILES string of the molecule is CCCCOc1ccc2c(c1)CCc1cc(F)ccc1-2. The first-order chi connectivity index (χ1) is 9.78. The maximum atomic E-state index is 13.3. The fourth-order valence-electron chi connectivity index (χ4n) is 2.77. The van der Waals surface area contributed by atoms with Crippen molar-refractivity contribution in [1.82, 2.24) is 0 Å². The highest BCUT2D eigenvalue weighted by Gasteiger charge is 2.17. The standard InChI is InChI=1S/C18H19FO/c1-2-3-10-20-16-7-9-18-14(12-16)5-4-13-11-15(19)6-8-17(13)18/h6-9,11-12H,2-5,10H2,1H3. The fourth-order valence-corrected chi connectivity index (χ4v) is 2.77. The molecule has 0 saturated carbocycles. The molecule has 2 aromatic rings. The predicted octanol–water partition coefficient (Wildman–Crippen LogP) is 4.77. The van der Waals surface area contributed by atoms with Crippen molar-refractivity contribution in [2.45, 2.75) is 32.6 Å². The van der Waals surface area contributed by atoms with Crippen molar-refractivity contribution in [2.75, 3.05) is 6.61 Å². The van der Waals surface area contributed by atoms with Crippen molar-refractivity contribution < 1.29 is 9.13 Å². The van der Waals surface area contributed by atoms with Crippen LogP contribution in [-0.4, -0.2) is 6.61 Å². The summed E-state index contributed by atoms with van der Waals surface area (Å²) in [5.41, 5.74) is 4.79. The number of benzene rings is 2. The highest BCUT2D eigenvalue weighted by atomic mass is 19.1. The molecule has 104 valence electrons. The molecular formula is C18H19FO. The van der Waals surface area contributed by atoms with E-state index in [4.69, 9.17) is 4.74 Å². The van der Waals surface area contributed by atoms with Crippen LogP contribution in [0.3, 0.4) is 0 Å². The normalized spacial score (nSPS) is 12.7. The first kappa shape index (κ1) is 13.2. The van der Waals surface area contributed by atoms with Gasteiger partial charge in [-0.3, -0.25) is 0 Å². The zero-order valence-electron chi connectivity index (χ0n) is 11.8. The second-order valence-electron chi connectivity index (χ2n) is 5.32. The predicted molar refractivity (Wildman–Crippen MR) is 79.6 cm³/mol. The summed E-state index contributed by atoms with van der Waals surface area (Å²) in [5.74, 6) is 0.800. The number of fused-ring (bicyclic) bond motifs is 3. The number of halogens is 1. The number of hydrogen-bond donors (Lipinski definition) is 0. The van der Waals surface area contributed by atoms with Gasteiger partial charge in [0, 0.05) is 0 Å². The molecule has 0 amide bonds. The summed E-state index contributed by atoms with van der Waals surface area (Å²) in [4.78, 5) is 0. The average Bonchev–Trinajstić information content (AvgIpc) is 2.47. The Morgan fingerprint density at radius 1 is 1.00 bits per heavy atom. The quantitative estimate of drug-likeness (QED) is 0.727. The van der Waals surface area contributed by atoms with Crippen molar-refractivity contribution in [1.29, 1.82) is 0 Å². The molecule has 0 aromatic heterocycles. The van der Waals surface area contributed by atoms with E-state index in [1.165, 1.54) is 11.1 Å². The molecule has 0 radical (unpaired) electrons. The lowest BCUT2D eigenvalue weighted by Crippen LogP contribution is -2.05. The summed E-state index contributed by atoms with van der Waals surface area (Å²) in [6.07, 6.45) is 4.08. The number of rotatable bonds is 4. The summed E-state index contributed by atoms with van der Waals surface area (Å²) in [6.45, 7) is 2.93. The average molecular weight is 270 g/mol. The van der Waals surface area contributed by atoms with Crippen LogP contribution in [0.25, 0.3) is 11.1 Å². The number of aryl methyl sites for hydroxylation is 2. The van der Waals surface area contributed by atoms with Gasteiger partial charge in [0.15, 0.2) is 0 Å². The van der Waals surface area contributed by atoms with Crippen molar-refractivity contribution >= 4 is 0 Å². The van der Waals surface area contributed by atoms with Gasteiger partial charge in [0.25, 0.3) is 0 Å². The molecule has 0 spiro atoms. The summed E-state index contributed by atoms with van der Waals surface area (Å²) < 4.78 is 19.0. The van der Waals surface area contributed by atoms with E-state index in [0.717, 1.165) is 49.2 Å². The van der Waals surface area contributed by atoms with Gasteiger partial charge < -0.3 is 4.74 Å². The Morgan fingerprint density at radius 3 is 2.45 bits per heavy atom. The Morgan fingerprint density at radius 2 is 1.70 bits per heavy atom. The Labute approximate surface area is 119 Å². The van der Waals surface area contributed by atoms with E-state index in [-0.39, 0.29) is 5.82 Å². The van der Waals surface area contributed by atoms with Crippen LogP contribution in [0.2, 0.25) is 0 Å². The summed E-state index contributed by atoms with van der Waals surface area (Å²) in [7, 11) is 0. The lowest BCUT2D eigenvalue weighted by Gasteiger charge is -2.20. The van der Waals surface area contributed by atoms with Crippen LogP contribution < -0.4 is 4.74 Å². The molecule has 0 atom stereocenters. The molecule has 0 unspecified atom stereocenters. The Kier molecular flexibility index (Phi) is 3.72. The zero-order chi connectivity index (χ0) is 13.9. The highest BCUT2D eigenvalue weighted by Crippen LogP contribution is 2.35. The van der Waals surface area contributed by atoms with E-state index in [1.807, 2.05) is 12.1 Å². The van der Waals surface area contributed by atoms with Crippen LogP contribution in [0.15, 0.2) is 36.4 Å². The molecule has 1 aliphatic rings. The molecule has 0 fully saturated rings. The van der Waals surface area contributed by atoms with Gasteiger partial charge in [-0.2, -0.15) is 0 Å². The van der Waals surface area contributed by atoms with Crippen LogP contribution in [0.5, 0.6) is 5.75 Å². The van der Waals surface area contributed by atoms with Gasteiger partial charge in [0.2, 0.25) is 0 Å². The van der Waals surface area contributed by atoms with E-state index >= 15 is 0 Å². The van der Waals surface area contributed by atoms with E-state index in [1.54, 1.807) is 12.1 Å². The summed E-state index contributed by atoms with van der Waals surface area (Å²) >= 11 is 0. The maximum absolute atomic E-state index is 13.3. The van der Waals surface area contributed by atoms with Gasteiger partial charge in [-0.15, -0.1) is 0 Å².